The van der Waals surface area contributed by atoms with E-state index in [4.69, 9.17) is 5.73 Å². The van der Waals surface area contributed by atoms with Crippen LogP contribution in [0.1, 0.15) is 32.1 Å². The third-order valence-corrected chi connectivity index (χ3v) is 3.34. The zero-order valence-corrected chi connectivity index (χ0v) is 9.52. The van der Waals surface area contributed by atoms with Gasteiger partial charge in [-0.15, -0.1) is 0 Å². The average Bonchev–Trinajstić information content (AvgIpc) is 2.75. The van der Waals surface area contributed by atoms with Crippen molar-refractivity contribution in [3.05, 3.63) is 0 Å². The van der Waals surface area contributed by atoms with Crippen LogP contribution >= 0.6 is 0 Å². The Hall–Kier alpha value is -1.10. The van der Waals surface area contributed by atoms with Gasteiger partial charge in [0, 0.05) is 19.6 Å². The Labute approximate surface area is 95.6 Å². The lowest BCUT2D eigenvalue weighted by molar-refractivity contribution is -0.129. The van der Waals surface area contributed by atoms with E-state index in [9.17, 15) is 9.59 Å². The van der Waals surface area contributed by atoms with Gasteiger partial charge in [0.15, 0.2) is 0 Å². The van der Waals surface area contributed by atoms with Crippen LogP contribution in [-0.4, -0.2) is 47.4 Å². The molecule has 5 nitrogen and oxygen atoms in total. The molecule has 0 aromatic carbocycles. The zero-order chi connectivity index (χ0) is 11.5. The van der Waals surface area contributed by atoms with Crippen molar-refractivity contribution < 1.29 is 9.59 Å². The standard InChI is InChI=1S/C11H19N3O2/c12-9-5-1-2-8-14(10(9)15)11(16)13-6-3-4-7-13/h9H,1-8,12H2/t9-/m1/s1. The number of rotatable bonds is 0. The van der Waals surface area contributed by atoms with E-state index in [-0.39, 0.29) is 11.9 Å². The van der Waals surface area contributed by atoms with E-state index in [0.29, 0.717) is 13.0 Å². The quantitative estimate of drug-likeness (QED) is 0.654. The normalized spacial score (nSPS) is 27.1. The van der Waals surface area contributed by atoms with E-state index < -0.39 is 6.04 Å². The molecule has 1 atom stereocenters. The van der Waals surface area contributed by atoms with Crippen LogP contribution in [0.4, 0.5) is 4.79 Å². The third-order valence-electron chi connectivity index (χ3n) is 3.34. The van der Waals surface area contributed by atoms with Crippen LogP contribution in [0.15, 0.2) is 0 Å². The number of urea groups is 1. The van der Waals surface area contributed by atoms with Gasteiger partial charge in [-0.05, 0) is 32.1 Å². The molecular weight excluding hydrogens is 206 g/mol. The Bertz CT molecular complexity index is 287. The van der Waals surface area contributed by atoms with Gasteiger partial charge >= 0.3 is 6.03 Å². The molecule has 2 aliphatic rings. The molecule has 2 aliphatic heterocycles. The number of likely N-dealkylation sites (tertiary alicyclic amines) is 2. The largest absolute Gasteiger partial charge is 0.326 e. The number of hydrogen-bond donors (Lipinski definition) is 1. The molecule has 3 amide bonds. The van der Waals surface area contributed by atoms with E-state index in [1.165, 1.54) is 4.90 Å². The smallest absolute Gasteiger partial charge is 0.324 e. The molecule has 0 bridgehead atoms. The lowest BCUT2D eigenvalue weighted by Gasteiger charge is -2.26. The molecule has 5 heteroatoms. The molecule has 0 aromatic heterocycles. The molecule has 16 heavy (non-hydrogen) atoms. The van der Waals surface area contributed by atoms with Gasteiger partial charge in [0.05, 0.1) is 6.04 Å². The lowest BCUT2D eigenvalue weighted by Crippen LogP contribution is -2.50. The molecule has 90 valence electrons. The van der Waals surface area contributed by atoms with Crippen molar-refractivity contribution in [2.24, 2.45) is 5.73 Å². The maximum Gasteiger partial charge on any atom is 0.326 e. The summed E-state index contributed by atoms with van der Waals surface area (Å²) in [5.74, 6) is -0.200. The summed E-state index contributed by atoms with van der Waals surface area (Å²) >= 11 is 0. The highest BCUT2D eigenvalue weighted by molar-refractivity contribution is 5.97. The topological polar surface area (TPSA) is 66.6 Å². The fraction of sp³-hybridized carbons (Fsp3) is 0.818. The summed E-state index contributed by atoms with van der Waals surface area (Å²) in [5.41, 5.74) is 5.74. The molecule has 0 saturated carbocycles. The molecule has 2 rings (SSSR count). The molecule has 0 radical (unpaired) electrons. The predicted molar refractivity (Wildman–Crippen MR) is 59.7 cm³/mol. The second kappa shape index (κ2) is 4.82. The number of imide groups is 1. The minimum atomic E-state index is -0.492. The average molecular weight is 225 g/mol. The van der Waals surface area contributed by atoms with E-state index in [2.05, 4.69) is 0 Å². The fourth-order valence-corrected chi connectivity index (χ4v) is 2.34. The van der Waals surface area contributed by atoms with Gasteiger partial charge in [-0.3, -0.25) is 9.69 Å². The monoisotopic (exact) mass is 225 g/mol. The first-order valence-electron chi connectivity index (χ1n) is 6.06. The number of nitrogens with zero attached hydrogens (tertiary/aromatic N) is 2. The van der Waals surface area contributed by atoms with Gasteiger partial charge < -0.3 is 10.6 Å². The zero-order valence-electron chi connectivity index (χ0n) is 9.52. The van der Waals surface area contributed by atoms with Gasteiger partial charge in [0.1, 0.15) is 0 Å². The summed E-state index contributed by atoms with van der Waals surface area (Å²) in [6.07, 6.45) is 4.58. The summed E-state index contributed by atoms with van der Waals surface area (Å²) in [5, 5.41) is 0. The van der Waals surface area contributed by atoms with Crippen LogP contribution in [0.3, 0.4) is 0 Å². The maximum absolute atomic E-state index is 12.1. The van der Waals surface area contributed by atoms with Crippen molar-refractivity contribution in [3.63, 3.8) is 0 Å². The van der Waals surface area contributed by atoms with Crippen LogP contribution < -0.4 is 5.73 Å². The van der Waals surface area contributed by atoms with Crippen LogP contribution in [0.25, 0.3) is 0 Å². The van der Waals surface area contributed by atoms with Crippen LogP contribution in [0, 0.1) is 0 Å². The summed E-state index contributed by atoms with van der Waals surface area (Å²) < 4.78 is 0. The molecule has 0 aliphatic carbocycles. The minimum absolute atomic E-state index is 0.139. The van der Waals surface area contributed by atoms with Crippen LogP contribution in [0.5, 0.6) is 0 Å². The summed E-state index contributed by atoms with van der Waals surface area (Å²) in [6.45, 7) is 2.08. The number of hydrogen-bond acceptors (Lipinski definition) is 3. The van der Waals surface area contributed by atoms with Crippen LogP contribution in [0.2, 0.25) is 0 Å². The van der Waals surface area contributed by atoms with E-state index in [1.807, 2.05) is 0 Å². The summed E-state index contributed by atoms with van der Waals surface area (Å²) in [6, 6.07) is -0.631. The summed E-state index contributed by atoms with van der Waals surface area (Å²) in [4.78, 5) is 27.1. The van der Waals surface area contributed by atoms with Gasteiger partial charge in [0.25, 0.3) is 0 Å². The van der Waals surface area contributed by atoms with Gasteiger partial charge in [-0.25, -0.2) is 4.79 Å². The maximum atomic E-state index is 12.1. The Morgan fingerprint density at radius 1 is 1.12 bits per heavy atom. The first-order valence-corrected chi connectivity index (χ1v) is 6.06. The minimum Gasteiger partial charge on any atom is -0.324 e. The number of amides is 3. The Kier molecular flexibility index (Phi) is 3.43. The van der Waals surface area contributed by atoms with E-state index in [0.717, 1.165) is 38.8 Å². The second-order valence-electron chi connectivity index (χ2n) is 4.57. The van der Waals surface area contributed by atoms with Crippen molar-refractivity contribution in [2.75, 3.05) is 19.6 Å². The molecule has 0 unspecified atom stereocenters. The molecule has 2 heterocycles. The molecule has 2 N–H and O–H groups in total. The molecule has 2 fully saturated rings. The van der Waals surface area contributed by atoms with Gasteiger partial charge in [-0.1, -0.05) is 0 Å². The number of carbonyl (C=O) groups excluding carboxylic acids is 2. The summed E-state index contributed by atoms with van der Waals surface area (Å²) in [7, 11) is 0. The van der Waals surface area contributed by atoms with E-state index >= 15 is 0 Å². The van der Waals surface area contributed by atoms with Gasteiger partial charge in [-0.2, -0.15) is 0 Å². The highest BCUT2D eigenvalue weighted by Gasteiger charge is 2.32. The predicted octanol–water partition coefficient (Wildman–Crippen LogP) is 0.542. The molecule has 0 aromatic rings. The van der Waals surface area contributed by atoms with Crippen molar-refractivity contribution in [1.82, 2.24) is 9.80 Å². The number of carbonyl (C=O) groups is 2. The Balaban J connectivity index is 2.05. The SMILES string of the molecule is N[C@@H]1CCCCN(C(=O)N2CCCC2)C1=O. The third kappa shape index (κ3) is 2.19. The van der Waals surface area contributed by atoms with Gasteiger partial charge in [0.2, 0.25) is 5.91 Å². The van der Waals surface area contributed by atoms with Crippen molar-refractivity contribution >= 4 is 11.9 Å². The van der Waals surface area contributed by atoms with Crippen molar-refractivity contribution in [1.29, 1.82) is 0 Å². The Morgan fingerprint density at radius 2 is 1.75 bits per heavy atom. The Morgan fingerprint density at radius 3 is 2.44 bits per heavy atom. The second-order valence-corrected chi connectivity index (χ2v) is 4.57. The highest BCUT2D eigenvalue weighted by Crippen LogP contribution is 2.16. The van der Waals surface area contributed by atoms with Crippen LogP contribution in [-0.2, 0) is 4.79 Å². The first kappa shape index (κ1) is 11.4. The lowest BCUT2D eigenvalue weighted by atomic mass is 10.1. The molecule has 2 saturated heterocycles. The fourth-order valence-electron chi connectivity index (χ4n) is 2.34. The first-order chi connectivity index (χ1) is 7.70. The highest BCUT2D eigenvalue weighted by atomic mass is 16.2. The van der Waals surface area contributed by atoms with Crippen molar-refractivity contribution in [3.8, 4) is 0 Å². The van der Waals surface area contributed by atoms with Crippen molar-refractivity contribution in [2.45, 2.75) is 38.1 Å². The number of nitrogens with two attached hydrogens (primary N) is 1. The molecule has 0 spiro atoms. The van der Waals surface area contributed by atoms with E-state index in [1.54, 1.807) is 4.90 Å². The molecular formula is C11H19N3O2.